The summed E-state index contributed by atoms with van der Waals surface area (Å²) in [5.41, 5.74) is 0. The molecule has 0 aliphatic heterocycles. The molecule has 0 bridgehead atoms. The summed E-state index contributed by atoms with van der Waals surface area (Å²) in [4.78, 5) is 4.33. The van der Waals surface area contributed by atoms with Crippen LogP contribution in [0.1, 0.15) is 20.8 Å². The Bertz CT molecular complexity index is 304. The number of nitrogens with zero attached hydrogens (tertiary/aromatic N) is 1. The molecule has 0 unspecified atom stereocenters. The van der Waals surface area contributed by atoms with Gasteiger partial charge in [-0.2, -0.15) is 0 Å². The molecule has 0 saturated heterocycles. The fourth-order valence-corrected chi connectivity index (χ4v) is 2.20. The zero-order chi connectivity index (χ0) is 10.6. The average Bonchev–Trinajstić information content (AvgIpc) is 2.01. The van der Waals surface area contributed by atoms with Crippen molar-refractivity contribution in [1.82, 2.24) is 4.98 Å². The lowest BCUT2D eigenvalue weighted by Crippen LogP contribution is -2.05. The summed E-state index contributed by atoms with van der Waals surface area (Å²) in [6.45, 7) is 6.14. The van der Waals surface area contributed by atoms with Crippen molar-refractivity contribution in [2.24, 2.45) is 0 Å². The number of hydrogen-bond donors (Lipinski definition) is 0. The molecular formula is C10H14BrNOS. The molecule has 0 aliphatic carbocycles. The van der Waals surface area contributed by atoms with E-state index in [2.05, 4.69) is 27.8 Å². The predicted molar refractivity (Wildman–Crippen MR) is 64.1 cm³/mol. The average molecular weight is 276 g/mol. The van der Waals surface area contributed by atoms with Gasteiger partial charge in [-0.1, -0.05) is 6.92 Å². The number of thioether (sulfide) groups is 1. The van der Waals surface area contributed by atoms with Crippen molar-refractivity contribution in [3.05, 3.63) is 16.7 Å². The highest BCUT2D eigenvalue weighted by Crippen LogP contribution is 2.25. The smallest absolute Gasteiger partial charge is 0.125 e. The van der Waals surface area contributed by atoms with Crippen molar-refractivity contribution in [3.63, 3.8) is 0 Å². The normalized spacial score (nSPS) is 10.6. The molecule has 0 radical (unpaired) electrons. The summed E-state index contributed by atoms with van der Waals surface area (Å²) in [5.74, 6) is 1.89. The largest absolute Gasteiger partial charge is 0.491 e. The Morgan fingerprint density at radius 3 is 2.79 bits per heavy atom. The third kappa shape index (κ3) is 3.88. The van der Waals surface area contributed by atoms with Gasteiger partial charge in [-0.15, -0.1) is 11.8 Å². The fraction of sp³-hybridized carbons (Fsp3) is 0.500. The third-order valence-corrected chi connectivity index (χ3v) is 2.61. The van der Waals surface area contributed by atoms with Crippen LogP contribution in [0.3, 0.4) is 0 Å². The highest BCUT2D eigenvalue weighted by atomic mass is 79.9. The number of halogens is 1. The minimum atomic E-state index is 0.198. The van der Waals surface area contributed by atoms with Crippen LogP contribution in [-0.4, -0.2) is 16.8 Å². The second-order valence-corrected chi connectivity index (χ2v) is 5.16. The van der Waals surface area contributed by atoms with Gasteiger partial charge in [0.1, 0.15) is 15.4 Å². The van der Waals surface area contributed by atoms with E-state index >= 15 is 0 Å². The number of hydrogen-bond acceptors (Lipinski definition) is 3. The minimum absolute atomic E-state index is 0.198. The van der Waals surface area contributed by atoms with E-state index in [1.807, 2.05) is 26.0 Å². The van der Waals surface area contributed by atoms with E-state index < -0.39 is 0 Å². The number of ether oxygens (including phenoxy) is 1. The lowest BCUT2D eigenvalue weighted by Gasteiger charge is -2.10. The van der Waals surface area contributed by atoms with E-state index in [1.54, 1.807) is 11.8 Å². The van der Waals surface area contributed by atoms with E-state index in [0.717, 1.165) is 21.1 Å². The molecule has 0 atom stereocenters. The Balaban J connectivity index is 2.83. The number of pyridine rings is 1. The molecular weight excluding hydrogens is 262 g/mol. The van der Waals surface area contributed by atoms with Crippen molar-refractivity contribution < 1.29 is 4.74 Å². The van der Waals surface area contributed by atoms with Gasteiger partial charge in [-0.05, 0) is 35.5 Å². The van der Waals surface area contributed by atoms with E-state index in [-0.39, 0.29) is 6.10 Å². The van der Waals surface area contributed by atoms with Gasteiger partial charge in [0.25, 0.3) is 0 Å². The monoisotopic (exact) mass is 275 g/mol. The Kier molecular flexibility index (Phi) is 4.75. The predicted octanol–water partition coefficient (Wildman–Crippen LogP) is 3.74. The van der Waals surface area contributed by atoms with E-state index in [4.69, 9.17) is 4.74 Å². The van der Waals surface area contributed by atoms with Crippen LogP contribution in [0.2, 0.25) is 0 Å². The standard InChI is InChI=1S/C10H14BrNOS/c1-4-14-10-6-8(13-7(2)3)5-9(11)12-10/h5-7H,4H2,1-3H3. The van der Waals surface area contributed by atoms with E-state index in [1.165, 1.54) is 0 Å². The summed E-state index contributed by atoms with van der Waals surface area (Å²) in [6.07, 6.45) is 0.198. The molecule has 0 spiro atoms. The molecule has 14 heavy (non-hydrogen) atoms. The second-order valence-electron chi connectivity index (χ2n) is 3.06. The SMILES string of the molecule is CCSc1cc(OC(C)C)cc(Br)n1. The Hall–Kier alpha value is -0.220. The maximum atomic E-state index is 5.60. The molecule has 0 fully saturated rings. The van der Waals surface area contributed by atoms with Crippen LogP contribution in [0.25, 0.3) is 0 Å². The topological polar surface area (TPSA) is 22.1 Å². The second kappa shape index (κ2) is 5.61. The molecule has 0 aromatic carbocycles. The Labute approximate surface area is 97.6 Å². The van der Waals surface area contributed by atoms with Crippen LogP contribution >= 0.6 is 27.7 Å². The van der Waals surface area contributed by atoms with Crippen LogP contribution in [0.15, 0.2) is 21.8 Å². The van der Waals surface area contributed by atoms with Crippen LogP contribution < -0.4 is 4.74 Å². The molecule has 1 aromatic heterocycles. The third-order valence-electron chi connectivity index (χ3n) is 1.41. The number of rotatable bonds is 4. The number of aromatic nitrogens is 1. The van der Waals surface area contributed by atoms with Crippen molar-refractivity contribution in [2.75, 3.05) is 5.75 Å². The van der Waals surface area contributed by atoms with Crippen LogP contribution in [0, 0.1) is 0 Å². The quantitative estimate of drug-likeness (QED) is 0.617. The first-order valence-electron chi connectivity index (χ1n) is 4.59. The summed E-state index contributed by atoms with van der Waals surface area (Å²) in [7, 11) is 0. The van der Waals surface area contributed by atoms with Gasteiger partial charge in [0.2, 0.25) is 0 Å². The first-order valence-corrected chi connectivity index (χ1v) is 6.36. The minimum Gasteiger partial charge on any atom is -0.491 e. The molecule has 78 valence electrons. The first kappa shape index (κ1) is 11.9. The molecule has 1 heterocycles. The molecule has 0 aliphatic rings. The van der Waals surface area contributed by atoms with Crippen LogP contribution in [0.4, 0.5) is 0 Å². The van der Waals surface area contributed by atoms with Gasteiger partial charge in [0, 0.05) is 12.1 Å². The van der Waals surface area contributed by atoms with Crippen molar-refractivity contribution in [3.8, 4) is 5.75 Å². The zero-order valence-electron chi connectivity index (χ0n) is 8.58. The highest BCUT2D eigenvalue weighted by molar-refractivity contribution is 9.10. The summed E-state index contributed by atoms with van der Waals surface area (Å²) < 4.78 is 6.42. The summed E-state index contributed by atoms with van der Waals surface area (Å²) in [6, 6.07) is 3.86. The molecule has 1 rings (SSSR count). The molecule has 0 N–H and O–H groups in total. The van der Waals surface area contributed by atoms with Crippen molar-refractivity contribution >= 4 is 27.7 Å². The van der Waals surface area contributed by atoms with Gasteiger partial charge in [0.05, 0.1) is 6.10 Å². The van der Waals surface area contributed by atoms with E-state index in [9.17, 15) is 0 Å². The van der Waals surface area contributed by atoms with Crippen LogP contribution in [-0.2, 0) is 0 Å². The van der Waals surface area contributed by atoms with Gasteiger partial charge >= 0.3 is 0 Å². The molecule has 1 aromatic rings. The fourth-order valence-electron chi connectivity index (χ4n) is 1.01. The van der Waals surface area contributed by atoms with Crippen molar-refractivity contribution in [2.45, 2.75) is 31.9 Å². The van der Waals surface area contributed by atoms with Gasteiger partial charge < -0.3 is 4.74 Å². The molecule has 4 heteroatoms. The Morgan fingerprint density at radius 2 is 2.21 bits per heavy atom. The van der Waals surface area contributed by atoms with Crippen LogP contribution in [0.5, 0.6) is 5.75 Å². The molecule has 0 amide bonds. The summed E-state index contributed by atoms with van der Waals surface area (Å²) in [5, 5.41) is 0.998. The Morgan fingerprint density at radius 1 is 1.50 bits per heavy atom. The summed E-state index contributed by atoms with van der Waals surface area (Å²) >= 11 is 5.08. The lowest BCUT2D eigenvalue weighted by molar-refractivity contribution is 0.241. The molecule has 2 nitrogen and oxygen atoms in total. The van der Waals surface area contributed by atoms with Gasteiger partial charge in [-0.3, -0.25) is 0 Å². The maximum Gasteiger partial charge on any atom is 0.125 e. The van der Waals surface area contributed by atoms with Gasteiger partial charge in [0.15, 0.2) is 0 Å². The molecule has 0 saturated carbocycles. The maximum absolute atomic E-state index is 5.60. The highest BCUT2D eigenvalue weighted by Gasteiger charge is 2.03. The van der Waals surface area contributed by atoms with Crippen molar-refractivity contribution in [1.29, 1.82) is 0 Å². The zero-order valence-corrected chi connectivity index (χ0v) is 11.0. The van der Waals surface area contributed by atoms with Gasteiger partial charge in [-0.25, -0.2) is 4.98 Å². The first-order chi connectivity index (χ1) is 6.61. The van der Waals surface area contributed by atoms with E-state index in [0.29, 0.717) is 0 Å². The lowest BCUT2D eigenvalue weighted by atomic mass is 10.4.